The van der Waals surface area contributed by atoms with Gasteiger partial charge in [0.25, 0.3) is 0 Å². The Bertz CT molecular complexity index is 365. The lowest BCUT2D eigenvalue weighted by Gasteiger charge is -2.35. The van der Waals surface area contributed by atoms with Gasteiger partial charge in [0.2, 0.25) is 0 Å². The van der Waals surface area contributed by atoms with E-state index in [1.54, 1.807) is 0 Å². The summed E-state index contributed by atoms with van der Waals surface area (Å²) in [6, 6.07) is 6.95. The Balaban J connectivity index is 2.13. The molecule has 1 atom stereocenters. The second-order valence-electron chi connectivity index (χ2n) is 4.44. The molecular weight excluding hydrogens is 220 g/mol. The normalized spacial score (nSPS) is 21.2. The SMILES string of the molecule is CCC1CN(c2ccc(C)c(Cl)c2)CCN1. The number of hydrogen-bond donors (Lipinski definition) is 1. The molecule has 1 fully saturated rings. The van der Waals surface area contributed by atoms with Gasteiger partial charge in [0.05, 0.1) is 0 Å². The first-order valence-corrected chi connectivity index (χ1v) is 6.33. The molecule has 0 aromatic heterocycles. The molecule has 2 rings (SSSR count). The fourth-order valence-corrected chi connectivity index (χ4v) is 2.29. The van der Waals surface area contributed by atoms with Crippen LogP contribution in [0.5, 0.6) is 0 Å². The van der Waals surface area contributed by atoms with Gasteiger partial charge in [0.15, 0.2) is 0 Å². The molecule has 1 aromatic rings. The van der Waals surface area contributed by atoms with Crippen molar-refractivity contribution in [3.63, 3.8) is 0 Å². The van der Waals surface area contributed by atoms with Crippen molar-refractivity contribution in [3.05, 3.63) is 28.8 Å². The summed E-state index contributed by atoms with van der Waals surface area (Å²) in [6.45, 7) is 7.47. The van der Waals surface area contributed by atoms with Gasteiger partial charge in [-0.25, -0.2) is 0 Å². The number of piperazine rings is 1. The van der Waals surface area contributed by atoms with E-state index in [9.17, 15) is 0 Å². The number of nitrogens with zero attached hydrogens (tertiary/aromatic N) is 1. The number of nitrogens with one attached hydrogen (secondary N) is 1. The van der Waals surface area contributed by atoms with Gasteiger partial charge in [-0.3, -0.25) is 0 Å². The summed E-state index contributed by atoms with van der Waals surface area (Å²) in [5, 5.41) is 4.38. The van der Waals surface area contributed by atoms with Crippen LogP contribution in [0.2, 0.25) is 5.02 Å². The van der Waals surface area contributed by atoms with E-state index in [2.05, 4.69) is 35.3 Å². The lowest BCUT2D eigenvalue weighted by molar-refractivity contribution is 0.447. The first-order valence-electron chi connectivity index (χ1n) is 5.95. The molecular formula is C13H19ClN2. The third-order valence-corrected chi connectivity index (χ3v) is 3.68. The van der Waals surface area contributed by atoms with Crippen LogP contribution in [-0.2, 0) is 0 Å². The van der Waals surface area contributed by atoms with E-state index in [1.165, 1.54) is 12.1 Å². The predicted molar refractivity (Wildman–Crippen MR) is 70.5 cm³/mol. The van der Waals surface area contributed by atoms with Crippen LogP contribution in [0, 0.1) is 6.92 Å². The van der Waals surface area contributed by atoms with Crippen LogP contribution in [0.25, 0.3) is 0 Å². The second kappa shape index (κ2) is 5.07. The zero-order chi connectivity index (χ0) is 11.5. The molecule has 16 heavy (non-hydrogen) atoms. The predicted octanol–water partition coefficient (Wildman–Crippen LogP) is 2.84. The fourth-order valence-electron chi connectivity index (χ4n) is 2.11. The highest BCUT2D eigenvalue weighted by atomic mass is 35.5. The minimum Gasteiger partial charge on any atom is -0.369 e. The maximum absolute atomic E-state index is 6.16. The molecule has 3 heteroatoms. The van der Waals surface area contributed by atoms with Crippen molar-refractivity contribution in [2.75, 3.05) is 24.5 Å². The Labute approximate surface area is 103 Å². The number of rotatable bonds is 2. The van der Waals surface area contributed by atoms with Crippen LogP contribution in [0.1, 0.15) is 18.9 Å². The van der Waals surface area contributed by atoms with E-state index in [1.807, 2.05) is 6.92 Å². The lowest BCUT2D eigenvalue weighted by Crippen LogP contribution is -2.50. The molecule has 0 aliphatic carbocycles. The van der Waals surface area contributed by atoms with Crippen molar-refractivity contribution in [2.45, 2.75) is 26.3 Å². The van der Waals surface area contributed by atoms with Crippen molar-refractivity contribution in [2.24, 2.45) is 0 Å². The Kier molecular flexibility index (Phi) is 3.72. The van der Waals surface area contributed by atoms with Crippen LogP contribution in [-0.4, -0.2) is 25.7 Å². The van der Waals surface area contributed by atoms with Gasteiger partial charge in [-0.05, 0) is 31.0 Å². The monoisotopic (exact) mass is 238 g/mol. The molecule has 1 aliphatic rings. The van der Waals surface area contributed by atoms with Gasteiger partial charge in [-0.2, -0.15) is 0 Å². The van der Waals surface area contributed by atoms with E-state index in [0.29, 0.717) is 6.04 Å². The highest BCUT2D eigenvalue weighted by molar-refractivity contribution is 6.31. The smallest absolute Gasteiger partial charge is 0.0455 e. The summed E-state index contributed by atoms with van der Waals surface area (Å²) in [7, 11) is 0. The maximum Gasteiger partial charge on any atom is 0.0455 e. The average Bonchev–Trinajstić information content (AvgIpc) is 2.33. The molecule has 0 radical (unpaired) electrons. The Hall–Kier alpha value is -0.730. The third-order valence-electron chi connectivity index (χ3n) is 3.27. The average molecular weight is 239 g/mol. The van der Waals surface area contributed by atoms with Crippen LogP contribution < -0.4 is 10.2 Å². The van der Waals surface area contributed by atoms with Gasteiger partial charge < -0.3 is 10.2 Å². The molecule has 1 N–H and O–H groups in total. The molecule has 88 valence electrons. The van der Waals surface area contributed by atoms with Crippen molar-refractivity contribution in [3.8, 4) is 0 Å². The summed E-state index contributed by atoms with van der Waals surface area (Å²) in [4.78, 5) is 2.41. The minimum absolute atomic E-state index is 0.605. The molecule has 0 amide bonds. The summed E-state index contributed by atoms with van der Waals surface area (Å²) in [6.07, 6.45) is 1.18. The molecule has 1 heterocycles. The third kappa shape index (κ3) is 2.50. The zero-order valence-corrected chi connectivity index (χ0v) is 10.7. The van der Waals surface area contributed by atoms with E-state index in [-0.39, 0.29) is 0 Å². The molecule has 1 aromatic carbocycles. The summed E-state index contributed by atoms with van der Waals surface area (Å²) in [5.41, 5.74) is 2.39. The van der Waals surface area contributed by atoms with Crippen LogP contribution >= 0.6 is 11.6 Å². The first kappa shape index (κ1) is 11.7. The molecule has 0 bridgehead atoms. The number of benzene rings is 1. The molecule has 1 saturated heterocycles. The summed E-state index contributed by atoms with van der Waals surface area (Å²) >= 11 is 6.16. The van der Waals surface area contributed by atoms with Gasteiger partial charge in [-0.15, -0.1) is 0 Å². The summed E-state index contributed by atoms with van der Waals surface area (Å²) < 4.78 is 0. The van der Waals surface area contributed by atoms with Crippen molar-refractivity contribution in [1.82, 2.24) is 5.32 Å². The number of halogens is 1. The zero-order valence-electron chi connectivity index (χ0n) is 9.96. The van der Waals surface area contributed by atoms with E-state index >= 15 is 0 Å². The van der Waals surface area contributed by atoms with Crippen LogP contribution in [0.3, 0.4) is 0 Å². The second-order valence-corrected chi connectivity index (χ2v) is 4.85. The molecule has 2 nitrogen and oxygen atoms in total. The Morgan fingerprint density at radius 1 is 1.50 bits per heavy atom. The van der Waals surface area contributed by atoms with Gasteiger partial charge in [-0.1, -0.05) is 24.6 Å². The molecule has 0 saturated carbocycles. The molecule has 1 aliphatic heterocycles. The van der Waals surface area contributed by atoms with Gasteiger partial charge >= 0.3 is 0 Å². The topological polar surface area (TPSA) is 15.3 Å². The highest BCUT2D eigenvalue weighted by Gasteiger charge is 2.18. The van der Waals surface area contributed by atoms with Crippen molar-refractivity contribution < 1.29 is 0 Å². The number of hydrogen-bond acceptors (Lipinski definition) is 2. The van der Waals surface area contributed by atoms with Gasteiger partial charge in [0, 0.05) is 36.4 Å². The van der Waals surface area contributed by atoms with Crippen LogP contribution in [0.15, 0.2) is 18.2 Å². The quantitative estimate of drug-likeness (QED) is 0.853. The van der Waals surface area contributed by atoms with E-state index in [0.717, 1.165) is 30.2 Å². The Morgan fingerprint density at radius 2 is 2.31 bits per heavy atom. The summed E-state index contributed by atoms with van der Waals surface area (Å²) in [5.74, 6) is 0. The first-order chi connectivity index (χ1) is 7.70. The van der Waals surface area contributed by atoms with Crippen molar-refractivity contribution in [1.29, 1.82) is 0 Å². The number of aryl methyl sites for hydroxylation is 1. The molecule has 1 unspecified atom stereocenters. The highest BCUT2D eigenvalue weighted by Crippen LogP contribution is 2.24. The number of anilines is 1. The molecule has 0 spiro atoms. The standard InChI is InChI=1S/C13H19ClN2/c1-3-11-9-16(7-6-15-11)12-5-4-10(2)13(14)8-12/h4-5,8,11,15H,3,6-7,9H2,1-2H3. The Morgan fingerprint density at radius 3 is 3.00 bits per heavy atom. The lowest BCUT2D eigenvalue weighted by atomic mass is 10.1. The van der Waals surface area contributed by atoms with E-state index < -0.39 is 0 Å². The van der Waals surface area contributed by atoms with Crippen molar-refractivity contribution >= 4 is 17.3 Å². The largest absolute Gasteiger partial charge is 0.369 e. The fraction of sp³-hybridized carbons (Fsp3) is 0.538. The maximum atomic E-state index is 6.16. The minimum atomic E-state index is 0.605. The van der Waals surface area contributed by atoms with Crippen LogP contribution in [0.4, 0.5) is 5.69 Å². The van der Waals surface area contributed by atoms with E-state index in [4.69, 9.17) is 11.6 Å². The van der Waals surface area contributed by atoms with Gasteiger partial charge in [0.1, 0.15) is 0 Å².